The summed E-state index contributed by atoms with van der Waals surface area (Å²) in [5, 5.41) is 3.47. The number of piperazine rings is 1. The van der Waals surface area contributed by atoms with Crippen molar-refractivity contribution in [3.8, 4) is 0 Å². The van der Waals surface area contributed by atoms with Gasteiger partial charge in [-0.25, -0.2) is 0 Å². The Kier molecular flexibility index (Phi) is 3.52. The van der Waals surface area contributed by atoms with E-state index in [-0.39, 0.29) is 0 Å². The van der Waals surface area contributed by atoms with Crippen LogP contribution in [0.3, 0.4) is 0 Å². The summed E-state index contributed by atoms with van der Waals surface area (Å²) in [6, 6.07) is 9.52. The SMILES string of the molecule is Cc1ccccc1N1CCN(C2CCNC2)CC1. The molecule has 2 aliphatic heterocycles. The molecule has 2 aliphatic rings. The summed E-state index contributed by atoms with van der Waals surface area (Å²) < 4.78 is 0. The number of benzene rings is 1. The van der Waals surface area contributed by atoms with Crippen LogP contribution in [0.4, 0.5) is 5.69 Å². The van der Waals surface area contributed by atoms with Gasteiger partial charge in [0, 0.05) is 44.5 Å². The van der Waals surface area contributed by atoms with Crippen molar-refractivity contribution in [1.29, 1.82) is 0 Å². The highest BCUT2D eigenvalue weighted by Gasteiger charge is 2.26. The molecule has 1 aromatic rings. The third-order valence-corrected chi connectivity index (χ3v) is 4.32. The molecule has 1 atom stereocenters. The topological polar surface area (TPSA) is 18.5 Å². The molecule has 0 saturated carbocycles. The van der Waals surface area contributed by atoms with Gasteiger partial charge in [0.05, 0.1) is 0 Å². The van der Waals surface area contributed by atoms with E-state index in [1.807, 2.05) is 0 Å². The fourth-order valence-electron chi connectivity index (χ4n) is 3.20. The highest BCUT2D eigenvalue weighted by molar-refractivity contribution is 5.53. The van der Waals surface area contributed by atoms with E-state index in [4.69, 9.17) is 0 Å². The second-order valence-corrected chi connectivity index (χ2v) is 5.46. The average molecular weight is 245 g/mol. The van der Waals surface area contributed by atoms with Gasteiger partial charge in [0.25, 0.3) is 0 Å². The number of nitrogens with zero attached hydrogens (tertiary/aromatic N) is 2. The van der Waals surface area contributed by atoms with Crippen LogP contribution in [0.25, 0.3) is 0 Å². The quantitative estimate of drug-likeness (QED) is 0.851. The minimum absolute atomic E-state index is 0.782. The Morgan fingerprint density at radius 1 is 1.11 bits per heavy atom. The molecule has 18 heavy (non-hydrogen) atoms. The normalized spacial score (nSPS) is 25.6. The Bertz CT molecular complexity index is 390. The molecular weight excluding hydrogens is 222 g/mol. The summed E-state index contributed by atoms with van der Waals surface area (Å²) in [5.74, 6) is 0. The molecule has 1 aromatic carbocycles. The molecule has 0 radical (unpaired) electrons. The molecule has 0 aromatic heterocycles. The number of anilines is 1. The van der Waals surface area contributed by atoms with Gasteiger partial charge in [-0.1, -0.05) is 18.2 Å². The molecule has 0 amide bonds. The Morgan fingerprint density at radius 3 is 2.56 bits per heavy atom. The first-order valence-corrected chi connectivity index (χ1v) is 7.10. The predicted octanol–water partition coefficient (Wildman–Crippen LogP) is 1.48. The van der Waals surface area contributed by atoms with Crippen molar-refractivity contribution in [3.05, 3.63) is 29.8 Å². The second-order valence-electron chi connectivity index (χ2n) is 5.46. The number of hydrogen-bond donors (Lipinski definition) is 1. The van der Waals surface area contributed by atoms with E-state index < -0.39 is 0 Å². The Labute approximate surface area is 110 Å². The van der Waals surface area contributed by atoms with Crippen LogP contribution >= 0.6 is 0 Å². The second kappa shape index (κ2) is 5.29. The Balaban J connectivity index is 1.61. The van der Waals surface area contributed by atoms with Crippen LogP contribution in [0.1, 0.15) is 12.0 Å². The molecule has 1 N–H and O–H groups in total. The predicted molar refractivity (Wildman–Crippen MR) is 76.2 cm³/mol. The number of rotatable bonds is 2. The molecule has 3 nitrogen and oxygen atoms in total. The van der Waals surface area contributed by atoms with Gasteiger partial charge >= 0.3 is 0 Å². The first-order valence-electron chi connectivity index (χ1n) is 7.10. The molecule has 3 rings (SSSR count). The van der Waals surface area contributed by atoms with Gasteiger partial charge in [0.1, 0.15) is 0 Å². The van der Waals surface area contributed by atoms with Crippen LogP contribution in [0, 0.1) is 6.92 Å². The third-order valence-electron chi connectivity index (χ3n) is 4.32. The van der Waals surface area contributed by atoms with Crippen molar-refractivity contribution in [2.45, 2.75) is 19.4 Å². The summed E-state index contributed by atoms with van der Waals surface area (Å²) in [4.78, 5) is 5.20. The fourth-order valence-corrected chi connectivity index (χ4v) is 3.20. The minimum Gasteiger partial charge on any atom is -0.369 e. The maximum Gasteiger partial charge on any atom is 0.0396 e. The van der Waals surface area contributed by atoms with Gasteiger partial charge in [0.2, 0.25) is 0 Å². The average Bonchev–Trinajstić information content (AvgIpc) is 2.94. The highest BCUT2D eigenvalue weighted by atomic mass is 15.3. The molecule has 2 fully saturated rings. The molecule has 2 heterocycles. The van der Waals surface area contributed by atoms with Gasteiger partial charge in [-0.15, -0.1) is 0 Å². The van der Waals surface area contributed by atoms with Gasteiger partial charge < -0.3 is 10.2 Å². The first-order chi connectivity index (χ1) is 8.84. The molecule has 2 saturated heterocycles. The van der Waals surface area contributed by atoms with Crippen LogP contribution in [0.2, 0.25) is 0 Å². The van der Waals surface area contributed by atoms with Crippen molar-refractivity contribution < 1.29 is 0 Å². The van der Waals surface area contributed by atoms with Gasteiger partial charge in [0.15, 0.2) is 0 Å². The van der Waals surface area contributed by atoms with Crippen molar-refractivity contribution >= 4 is 5.69 Å². The molecule has 1 unspecified atom stereocenters. The summed E-state index contributed by atoms with van der Waals surface area (Å²) in [5.41, 5.74) is 2.81. The van der Waals surface area contributed by atoms with E-state index in [0.717, 1.165) is 6.04 Å². The van der Waals surface area contributed by atoms with E-state index in [1.54, 1.807) is 0 Å². The summed E-state index contributed by atoms with van der Waals surface area (Å²) in [6.07, 6.45) is 1.32. The summed E-state index contributed by atoms with van der Waals surface area (Å²) in [6.45, 7) is 9.35. The number of nitrogens with one attached hydrogen (secondary N) is 1. The lowest BCUT2D eigenvalue weighted by Gasteiger charge is -2.39. The Hall–Kier alpha value is -1.06. The number of aryl methyl sites for hydroxylation is 1. The standard InChI is InChI=1S/C15H23N3/c1-13-4-2-3-5-15(13)18-10-8-17(9-11-18)14-6-7-16-12-14/h2-5,14,16H,6-12H2,1H3. The molecule has 0 bridgehead atoms. The Morgan fingerprint density at radius 2 is 1.89 bits per heavy atom. The number of para-hydroxylation sites is 1. The molecular formula is C15H23N3. The zero-order valence-corrected chi connectivity index (χ0v) is 11.2. The van der Waals surface area contributed by atoms with Gasteiger partial charge in [-0.05, 0) is 31.5 Å². The zero-order chi connectivity index (χ0) is 12.4. The summed E-state index contributed by atoms with van der Waals surface area (Å²) >= 11 is 0. The zero-order valence-electron chi connectivity index (χ0n) is 11.2. The van der Waals surface area contributed by atoms with Gasteiger partial charge in [-0.3, -0.25) is 4.90 Å². The van der Waals surface area contributed by atoms with Crippen LogP contribution in [0.15, 0.2) is 24.3 Å². The van der Waals surface area contributed by atoms with Crippen molar-refractivity contribution in [2.24, 2.45) is 0 Å². The van der Waals surface area contributed by atoms with Crippen LogP contribution in [-0.4, -0.2) is 50.2 Å². The maximum absolute atomic E-state index is 3.47. The molecule has 0 aliphatic carbocycles. The lowest BCUT2D eigenvalue weighted by atomic mass is 10.1. The monoisotopic (exact) mass is 245 g/mol. The van der Waals surface area contributed by atoms with Gasteiger partial charge in [-0.2, -0.15) is 0 Å². The van der Waals surface area contributed by atoms with E-state index in [0.29, 0.717) is 0 Å². The third kappa shape index (κ3) is 2.38. The highest BCUT2D eigenvalue weighted by Crippen LogP contribution is 2.22. The largest absolute Gasteiger partial charge is 0.369 e. The smallest absolute Gasteiger partial charge is 0.0396 e. The van der Waals surface area contributed by atoms with Crippen LogP contribution in [0.5, 0.6) is 0 Å². The van der Waals surface area contributed by atoms with E-state index in [9.17, 15) is 0 Å². The maximum atomic E-state index is 3.47. The fraction of sp³-hybridized carbons (Fsp3) is 0.600. The van der Waals surface area contributed by atoms with Crippen molar-refractivity contribution in [3.63, 3.8) is 0 Å². The van der Waals surface area contributed by atoms with E-state index >= 15 is 0 Å². The van der Waals surface area contributed by atoms with Crippen LogP contribution < -0.4 is 10.2 Å². The first kappa shape index (κ1) is 12.0. The van der Waals surface area contributed by atoms with E-state index in [2.05, 4.69) is 46.3 Å². The summed E-state index contributed by atoms with van der Waals surface area (Å²) in [7, 11) is 0. The lowest BCUT2D eigenvalue weighted by molar-refractivity contribution is 0.196. The molecule has 3 heteroatoms. The van der Waals surface area contributed by atoms with Crippen molar-refractivity contribution in [2.75, 3.05) is 44.2 Å². The molecule has 98 valence electrons. The lowest BCUT2D eigenvalue weighted by Crippen LogP contribution is -2.51. The minimum atomic E-state index is 0.782. The number of hydrogen-bond acceptors (Lipinski definition) is 3. The van der Waals surface area contributed by atoms with Crippen LogP contribution in [-0.2, 0) is 0 Å². The van der Waals surface area contributed by atoms with E-state index in [1.165, 1.54) is 56.9 Å². The van der Waals surface area contributed by atoms with Crippen molar-refractivity contribution in [1.82, 2.24) is 10.2 Å². The molecule has 0 spiro atoms.